The Labute approximate surface area is 198 Å². The Morgan fingerprint density at radius 2 is 1.50 bits per heavy atom. The Kier molecular flexibility index (Phi) is 6.73. The number of rotatable bonds is 8. The zero-order valence-corrected chi connectivity index (χ0v) is 19.0. The smallest absolute Gasteiger partial charge is 0.278 e. The van der Waals surface area contributed by atoms with E-state index in [1.807, 2.05) is 37.3 Å². The fourth-order valence-corrected chi connectivity index (χ4v) is 3.74. The van der Waals surface area contributed by atoms with Crippen molar-refractivity contribution in [3.8, 4) is 5.75 Å². The molecule has 0 radical (unpaired) electrons. The Morgan fingerprint density at radius 1 is 0.853 bits per heavy atom. The summed E-state index contributed by atoms with van der Waals surface area (Å²) in [4.78, 5) is 39.4. The normalized spacial score (nSPS) is 13.3. The Bertz CT molecular complexity index is 1230. The summed E-state index contributed by atoms with van der Waals surface area (Å²) in [6, 6.07) is 23.4. The summed E-state index contributed by atoms with van der Waals surface area (Å²) < 4.78 is 5.48. The highest BCUT2D eigenvalue weighted by atomic mass is 16.5. The summed E-state index contributed by atoms with van der Waals surface area (Å²) in [5.74, 6) is -0.250. The molecule has 172 valence electrons. The summed E-state index contributed by atoms with van der Waals surface area (Å²) in [6.07, 6.45) is 0. The minimum atomic E-state index is -0.399. The predicted octanol–water partition coefficient (Wildman–Crippen LogP) is 4.44. The first-order valence-electron chi connectivity index (χ1n) is 11.0. The molecule has 1 heterocycles. The van der Waals surface area contributed by atoms with Crippen molar-refractivity contribution in [2.24, 2.45) is 0 Å². The van der Waals surface area contributed by atoms with E-state index in [1.165, 1.54) is 11.8 Å². The second-order valence-corrected chi connectivity index (χ2v) is 7.77. The van der Waals surface area contributed by atoms with Gasteiger partial charge in [0.1, 0.15) is 11.4 Å². The third kappa shape index (κ3) is 4.99. The maximum Gasteiger partial charge on any atom is 0.278 e. The van der Waals surface area contributed by atoms with Crippen molar-refractivity contribution in [2.45, 2.75) is 20.4 Å². The predicted molar refractivity (Wildman–Crippen MR) is 131 cm³/mol. The van der Waals surface area contributed by atoms with Crippen LogP contribution in [0.15, 0.2) is 84.6 Å². The largest absolute Gasteiger partial charge is 0.494 e. The molecule has 0 saturated heterocycles. The van der Waals surface area contributed by atoms with Gasteiger partial charge in [-0.15, -0.1) is 0 Å². The number of amides is 3. The lowest BCUT2D eigenvalue weighted by atomic mass is 10.0. The minimum Gasteiger partial charge on any atom is -0.494 e. The zero-order chi connectivity index (χ0) is 24.1. The molecule has 0 atom stereocenters. The van der Waals surface area contributed by atoms with Gasteiger partial charge in [-0.25, -0.2) is 0 Å². The van der Waals surface area contributed by atoms with Gasteiger partial charge in [0.05, 0.1) is 18.7 Å². The van der Waals surface area contributed by atoms with Gasteiger partial charge in [0.15, 0.2) is 0 Å². The molecule has 0 saturated carbocycles. The summed E-state index contributed by atoms with van der Waals surface area (Å²) in [5, 5.41) is 5.85. The monoisotopic (exact) mass is 455 g/mol. The maximum atomic E-state index is 13.4. The number of ether oxygens (including phenoxy) is 1. The minimum absolute atomic E-state index is 0.167. The van der Waals surface area contributed by atoms with E-state index < -0.39 is 5.91 Å². The van der Waals surface area contributed by atoms with Crippen LogP contribution in [0.3, 0.4) is 0 Å². The SMILES string of the molecule is CCOc1ccc(NC2=C(c3ccc(NC(C)=O)cc3)C(=O)N(Cc3ccccc3)C2=O)cc1. The van der Waals surface area contributed by atoms with Crippen LogP contribution in [0, 0.1) is 0 Å². The summed E-state index contributed by atoms with van der Waals surface area (Å²) >= 11 is 0. The van der Waals surface area contributed by atoms with E-state index in [1.54, 1.807) is 48.5 Å². The number of hydrogen-bond acceptors (Lipinski definition) is 5. The lowest BCUT2D eigenvalue weighted by Crippen LogP contribution is -2.31. The van der Waals surface area contributed by atoms with E-state index >= 15 is 0 Å². The molecule has 1 aliphatic heterocycles. The van der Waals surface area contributed by atoms with Gasteiger partial charge in [-0.2, -0.15) is 0 Å². The molecule has 2 N–H and O–H groups in total. The molecule has 0 unspecified atom stereocenters. The van der Waals surface area contributed by atoms with E-state index in [9.17, 15) is 14.4 Å². The molecule has 4 rings (SSSR count). The van der Waals surface area contributed by atoms with Crippen LogP contribution < -0.4 is 15.4 Å². The van der Waals surface area contributed by atoms with Crippen LogP contribution in [0.25, 0.3) is 5.57 Å². The number of imide groups is 1. The van der Waals surface area contributed by atoms with Crippen LogP contribution >= 0.6 is 0 Å². The summed E-state index contributed by atoms with van der Waals surface area (Å²) in [5.41, 5.74) is 3.19. The van der Waals surface area contributed by atoms with E-state index in [2.05, 4.69) is 10.6 Å². The molecule has 34 heavy (non-hydrogen) atoms. The third-order valence-corrected chi connectivity index (χ3v) is 5.28. The van der Waals surface area contributed by atoms with Gasteiger partial charge in [0, 0.05) is 18.3 Å². The van der Waals surface area contributed by atoms with Crippen molar-refractivity contribution >= 4 is 34.7 Å². The number of carbonyl (C=O) groups excluding carboxylic acids is 3. The summed E-state index contributed by atoms with van der Waals surface area (Å²) in [6.45, 7) is 4.05. The fourth-order valence-electron chi connectivity index (χ4n) is 3.74. The van der Waals surface area contributed by atoms with Gasteiger partial charge in [0.25, 0.3) is 11.8 Å². The Hall–Kier alpha value is -4.39. The molecular formula is C27H25N3O4. The highest BCUT2D eigenvalue weighted by Gasteiger charge is 2.39. The van der Waals surface area contributed by atoms with Crippen molar-refractivity contribution in [1.29, 1.82) is 0 Å². The van der Waals surface area contributed by atoms with Gasteiger partial charge < -0.3 is 15.4 Å². The average molecular weight is 456 g/mol. The fraction of sp³-hybridized carbons (Fsp3) is 0.148. The number of hydrogen-bond donors (Lipinski definition) is 2. The Morgan fingerprint density at radius 3 is 2.12 bits per heavy atom. The molecule has 7 nitrogen and oxygen atoms in total. The molecule has 3 amide bonds. The average Bonchev–Trinajstić information content (AvgIpc) is 3.05. The Balaban J connectivity index is 1.69. The number of benzene rings is 3. The third-order valence-electron chi connectivity index (χ3n) is 5.28. The van der Waals surface area contributed by atoms with E-state index in [-0.39, 0.29) is 29.6 Å². The van der Waals surface area contributed by atoms with Gasteiger partial charge in [-0.1, -0.05) is 42.5 Å². The first kappa shape index (κ1) is 22.8. The van der Waals surface area contributed by atoms with Crippen LogP contribution in [0.4, 0.5) is 11.4 Å². The maximum absolute atomic E-state index is 13.4. The first-order valence-corrected chi connectivity index (χ1v) is 11.0. The topological polar surface area (TPSA) is 87.7 Å². The molecule has 0 aliphatic carbocycles. The van der Waals surface area contributed by atoms with Crippen LogP contribution in [0.5, 0.6) is 5.75 Å². The van der Waals surface area contributed by atoms with Crippen molar-refractivity contribution in [3.63, 3.8) is 0 Å². The van der Waals surface area contributed by atoms with Gasteiger partial charge in [-0.05, 0) is 54.4 Å². The van der Waals surface area contributed by atoms with Gasteiger partial charge in [0.2, 0.25) is 5.91 Å². The van der Waals surface area contributed by atoms with Crippen molar-refractivity contribution in [3.05, 3.63) is 95.7 Å². The highest BCUT2D eigenvalue weighted by Crippen LogP contribution is 2.32. The van der Waals surface area contributed by atoms with E-state index in [4.69, 9.17) is 4.74 Å². The molecule has 1 aliphatic rings. The molecule has 3 aromatic carbocycles. The molecule has 7 heteroatoms. The second kappa shape index (κ2) is 10.0. The lowest BCUT2D eigenvalue weighted by Gasteiger charge is -2.15. The van der Waals surface area contributed by atoms with E-state index in [0.29, 0.717) is 23.5 Å². The molecule has 0 bridgehead atoms. The van der Waals surface area contributed by atoms with Gasteiger partial charge in [-0.3, -0.25) is 19.3 Å². The van der Waals surface area contributed by atoms with Crippen LogP contribution in [-0.2, 0) is 20.9 Å². The zero-order valence-electron chi connectivity index (χ0n) is 19.0. The number of nitrogens with zero attached hydrogens (tertiary/aromatic N) is 1. The molecule has 0 aromatic heterocycles. The van der Waals surface area contributed by atoms with Crippen LogP contribution in [0.1, 0.15) is 25.0 Å². The van der Waals surface area contributed by atoms with E-state index in [0.717, 1.165) is 11.3 Å². The van der Waals surface area contributed by atoms with Crippen molar-refractivity contribution in [2.75, 3.05) is 17.2 Å². The number of carbonyl (C=O) groups is 3. The second-order valence-electron chi connectivity index (χ2n) is 7.77. The van der Waals surface area contributed by atoms with Gasteiger partial charge >= 0.3 is 0 Å². The van der Waals surface area contributed by atoms with Crippen molar-refractivity contribution < 1.29 is 19.1 Å². The molecule has 0 spiro atoms. The highest BCUT2D eigenvalue weighted by molar-refractivity contribution is 6.36. The standard InChI is InChI=1S/C27H25N3O4/c1-3-34-23-15-13-22(14-16-23)29-25-24(20-9-11-21(12-10-20)28-18(2)31)26(32)30(27(25)33)17-19-7-5-4-6-8-19/h4-16,29H,3,17H2,1-2H3,(H,28,31). The number of anilines is 2. The van der Waals surface area contributed by atoms with Crippen LogP contribution in [-0.4, -0.2) is 29.2 Å². The molecule has 3 aromatic rings. The van der Waals surface area contributed by atoms with Crippen molar-refractivity contribution in [1.82, 2.24) is 4.90 Å². The first-order chi connectivity index (χ1) is 16.5. The number of nitrogens with one attached hydrogen (secondary N) is 2. The quantitative estimate of drug-likeness (QED) is 0.491. The van der Waals surface area contributed by atoms with Crippen LogP contribution in [0.2, 0.25) is 0 Å². The summed E-state index contributed by atoms with van der Waals surface area (Å²) in [7, 11) is 0. The molecular weight excluding hydrogens is 430 g/mol. The molecule has 0 fully saturated rings. The lowest BCUT2D eigenvalue weighted by molar-refractivity contribution is -0.137.